The van der Waals surface area contributed by atoms with E-state index < -0.39 is 0 Å². The molecule has 104 valence electrons. The van der Waals surface area contributed by atoms with Crippen LogP contribution in [0.5, 0.6) is 0 Å². The minimum atomic E-state index is 0.668. The predicted octanol–water partition coefficient (Wildman–Crippen LogP) is 3.67. The van der Waals surface area contributed by atoms with Gasteiger partial charge in [0.1, 0.15) is 0 Å². The Labute approximate surface area is 115 Å². The maximum atomic E-state index is 4.54. The van der Waals surface area contributed by atoms with Gasteiger partial charge in [-0.1, -0.05) is 12.8 Å². The first kappa shape index (κ1) is 11.8. The Balaban J connectivity index is 1.43. The second-order valence-corrected chi connectivity index (χ2v) is 6.87. The summed E-state index contributed by atoms with van der Waals surface area (Å²) in [5.74, 6) is 4.10. The molecule has 0 bridgehead atoms. The minimum absolute atomic E-state index is 0.668. The van der Waals surface area contributed by atoms with Crippen LogP contribution in [0.15, 0.2) is 12.4 Å². The molecule has 3 aliphatic rings. The first-order chi connectivity index (χ1) is 9.40. The fraction of sp³-hybridized carbons (Fsp3) is 0.812. The zero-order valence-corrected chi connectivity index (χ0v) is 11.7. The first-order valence-corrected chi connectivity index (χ1v) is 8.18. The van der Waals surface area contributed by atoms with Crippen LogP contribution in [0.1, 0.15) is 51.4 Å². The fourth-order valence-electron chi connectivity index (χ4n) is 3.81. The highest BCUT2D eigenvalue weighted by Crippen LogP contribution is 2.50. The number of aromatic nitrogens is 2. The second-order valence-electron chi connectivity index (χ2n) is 6.87. The van der Waals surface area contributed by atoms with Crippen molar-refractivity contribution in [2.45, 2.75) is 64.0 Å². The van der Waals surface area contributed by atoms with Crippen LogP contribution < -0.4 is 5.32 Å². The summed E-state index contributed by atoms with van der Waals surface area (Å²) in [5, 5.41) is 3.67. The van der Waals surface area contributed by atoms with Gasteiger partial charge in [-0.25, -0.2) is 4.98 Å². The molecule has 0 unspecified atom stereocenters. The quantitative estimate of drug-likeness (QED) is 0.844. The van der Waals surface area contributed by atoms with Crippen molar-refractivity contribution < 1.29 is 0 Å². The maximum Gasteiger partial charge on any atom is 0.202 e. The third kappa shape index (κ3) is 2.65. The molecule has 3 nitrogen and oxygen atoms in total. The number of hydrogen-bond acceptors (Lipinski definition) is 2. The van der Waals surface area contributed by atoms with E-state index in [2.05, 4.69) is 21.1 Å². The van der Waals surface area contributed by atoms with Crippen LogP contribution in [0.25, 0.3) is 0 Å². The van der Waals surface area contributed by atoms with Gasteiger partial charge in [-0.2, -0.15) is 0 Å². The molecule has 0 atom stereocenters. The summed E-state index contributed by atoms with van der Waals surface area (Å²) in [6, 6.07) is 0.668. The zero-order chi connectivity index (χ0) is 12.7. The highest BCUT2D eigenvalue weighted by Gasteiger charge is 2.41. The Morgan fingerprint density at radius 3 is 2.42 bits per heavy atom. The normalized spacial score (nSPS) is 24.3. The molecule has 4 rings (SSSR count). The lowest BCUT2D eigenvalue weighted by Crippen LogP contribution is -2.21. The molecular formula is C16H25N3. The number of nitrogens with one attached hydrogen (secondary N) is 1. The number of rotatable bonds is 6. The fourth-order valence-corrected chi connectivity index (χ4v) is 3.81. The van der Waals surface area contributed by atoms with E-state index in [0.29, 0.717) is 6.04 Å². The number of hydrogen-bond donors (Lipinski definition) is 1. The largest absolute Gasteiger partial charge is 0.353 e. The second kappa shape index (κ2) is 4.84. The van der Waals surface area contributed by atoms with Gasteiger partial charge in [0.05, 0.1) is 0 Å². The molecule has 3 heteroatoms. The Bertz CT molecular complexity index is 413. The summed E-state index contributed by atoms with van der Waals surface area (Å²) in [7, 11) is 0. The third-order valence-electron chi connectivity index (χ3n) is 5.27. The van der Waals surface area contributed by atoms with Crippen LogP contribution in [0.3, 0.4) is 0 Å². The van der Waals surface area contributed by atoms with Crippen LogP contribution >= 0.6 is 0 Å². The van der Waals surface area contributed by atoms with Crippen molar-refractivity contribution in [3.8, 4) is 0 Å². The molecule has 0 radical (unpaired) electrons. The van der Waals surface area contributed by atoms with Crippen molar-refractivity contribution in [1.29, 1.82) is 0 Å². The summed E-state index contributed by atoms with van der Waals surface area (Å²) in [4.78, 5) is 4.54. The molecule has 0 spiro atoms. The number of anilines is 1. The van der Waals surface area contributed by atoms with Gasteiger partial charge in [-0.3, -0.25) is 0 Å². The van der Waals surface area contributed by atoms with Crippen molar-refractivity contribution in [2.75, 3.05) is 5.32 Å². The van der Waals surface area contributed by atoms with Gasteiger partial charge in [-0.15, -0.1) is 0 Å². The molecule has 1 aromatic rings. The molecule has 1 heterocycles. The van der Waals surface area contributed by atoms with Crippen molar-refractivity contribution in [1.82, 2.24) is 9.55 Å². The zero-order valence-electron chi connectivity index (χ0n) is 11.7. The standard InChI is InChI=1S/C16H25N3/c1-2-4-14(3-1)18-16-17-9-10-19(16)11-15(12-5-6-12)13-7-8-13/h9-10,12-15H,1-8,11H2,(H,17,18). The molecule has 1 N–H and O–H groups in total. The molecule has 1 aromatic heterocycles. The average molecular weight is 259 g/mol. The maximum absolute atomic E-state index is 4.54. The monoisotopic (exact) mass is 259 g/mol. The lowest BCUT2D eigenvalue weighted by molar-refractivity contribution is 0.350. The Hall–Kier alpha value is -0.990. The van der Waals surface area contributed by atoms with Crippen molar-refractivity contribution in [3.05, 3.63) is 12.4 Å². The van der Waals surface area contributed by atoms with Gasteiger partial charge in [-0.05, 0) is 56.3 Å². The van der Waals surface area contributed by atoms with Gasteiger partial charge in [0.15, 0.2) is 0 Å². The summed E-state index contributed by atoms with van der Waals surface area (Å²) in [5.41, 5.74) is 0. The van der Waals surface area contributed by atoms with E-state index in [4.69, 9.17) is 0 Å². The molecule has 19 heavy (non-hydrogen) atoms. The van der Waals surface area contributed by atoms with Gasteiger partial charge < -0.3 is 9.88 Å². The van der Waals surface area contributed by atoms with E-state index in [9.17, 15) is 0 Å². The van der Waals surface area contributed by atoms with Gasteiger partial charge in [0, 0.05) is 25.0 Å². The van der Waals surface area contributed by atoms with Crippen molar-refractivity contribution in [3.63, 3.8) is 0 Å². The predicted molar refractivity (Wildman–Crippen MR) is 77.0 cm³/mol. The highest BCUT2D eigenvalue weighted by atomic mass is 15.2. The van der Waals surface area contributed by atoms with Gasteiger partial charge >= 0.3 is 0 Å². The van der Waals surface area contributed by atoms with E-state index >= 15 is 0 Å². The Morgan fingerprint density at radius 1 is 1.11 bits per heavy atom. The lowest BCUT2D eigenvalue weighted by Gasteiger charge is -2.20. The van der Waals surface area contributed by atoms with E-state index in [-0.39, 0.29) is 0 Å². The summed E-state index contributed by atoms with van der Waals surface area (Å²) >= 11 is 0. The minimum Gasteiger partial charge on any atom is -0.353 e. The molecule has 0 saturated heterocycles. The molecule has 3 saturated carbocycles. The van der Waals surface area contributed by atoms with E-state index in [1.54, 1.807) is 0 Å². The van der Waals surface area contributed by atoms with Crippen LogP contribution in [0, 0.1) is 17.8 Å². The molecule has 0 aliphatic heterocycles. The Morgan fingerprint density at radius 2 is 1.79 bits per heavy atom. The van der Waals surface area contributed by atoms with Crippen LogP contribution in [-0.2, 0) is 6.54 Å². The van der Waals surface area contributed by atoms with Crippen molar-refractivity contribution in [2.24, 2.45) is 17.8 Å². The number of nitrogens with zero attached hydrogens (tertiary/aromatic N) is 2. The van der Waals surface area contributed by atoms with Gasteiger partial charge in [0.2, 0.25) is 5.95 Å². The topological polar surface area (TPSA) is 29.9 Å². The average Bonchev–Trinajstić information content (AvgIpc) is 3.34. The van der Waals surface area contributed by atoms with Crippen LogP contribution in [-0.4, -0.2) is 15.6 Å². The Kier molecular flexibility index (Phi) is 3.01. The third-order valence-corrected chi connectivity index (χ3v) is 5.27. The van der Waals surface area contributed by atoms with E-state index in [1.165, 1.54) is 57.9 Å². The van der Waals surface area contributed by atoms with Gasteiger partial charge in [0.25, 0.3) is 0 Å². The summed E-state index contributed by atoms with van der Waals surface area (Å²) < 4.78 is 2.39. The highest BCUT2D eigenvalue weighted by molar-refractivity contribution is 5.28. The molecule has 3 aliphatic carbocycles. The van der Waals surface area contributed by atoms with E-state index in [1.807, 2.05) is 6.20 Å². The molecule has 0 amide bonds. The molecule has 0 aromatic carbocycles. The van der Waals surface area contributed by atoms with Crippen LogP contribution in [0.2, 0.25) is 0 Å². The summed E-state index contributed by atoms with van der Waals surface area (Å²) in [6.07, 6.45) is 15.4. The smallest absolute Gasteiger partial charge is 0.202 e. The first-order valence-electron chi connectivity index (χ1n) is 8.18. The molecular weight excluding hydrogens is 234 g/mol. The SMILES string of the molecule is c1cn(CC(C2CC2)C2CC2)c(NC2CCCC2)n1. The molecule has 3 fully saturated rings. The lowest BCUT2D eigenvalue weighted by atomic mass is 9.98. The van der Waals surface area contributed by atoms with Crippen LogP contribution in [0.4, 0.5) is 5.95 Å². The summed E-state index contributed by atoms with van der Waals surface area (Å²) in [6.45, 7) is 1.20. The van der Waals surface area contributed by atoms with Crippen molar-refractivity contribution >= 4 is 5.95 Å². The number of imidazole rings is 1. The van der Waals surface area contributed by atoms with E-state index in [0.717, 1.165) is 23.7 Å².